The highest BCUT2D eigenvalue weighted by Gasteiger charge is 2.32. The van der Waals surface area contributed by atoms with E-state index in [1.807, 2.05) is 6.07 Å². The first-order chi connectivity index (χ1) is 9.18. The zero-order valence-electron chi connectivity index (χ0n) is 11.1. The minimum atomic E-state index is -0.641. The topological polar surface area (TPSA) is 61.7 Å². The molecule has 1 aromatic carbocycles. The summed E-state index contributed by atoms with van der Waals surface area (Å²) in [6, 6.07) is 5.94. The number of ether oxygens (including phenoxy) is 1. The molecule has 1 unspecified atom stereocenters. The van der Waals surface area contributed by atoms with Crippen LogP contribution in [-0.2, 0) is 11.2 Å². The predicted molar refractivity (Wildman–Crippen MR) is 72.2 cm³/mol. The number of phenols is 1. The molecule has 1 heterocycles. The van der Waals surface area contributed by atoms with Gasteiger partial charge in [-0.1, -0.05) is 12.1 Å². The van der Waals surface area contributed by atoms with Crippen molar-refractivity contribution in [2.24, 2.45) is 0 Å². The molecule has 0 spiro atoms. The zero-order chi connectivity index (χ0) is 13.3. The van der Waals surface area contributed by atoms with Gasteiger partial charge >= 0.3 is 0 Å². The number of phenolic OH excluding ortho intramolecular Hbond substituents is 1. The summed E-state index contributed by atoms with van der Waals surface area (Å²) in [5, 5.41) is 23.7. The number of fused-ring (bicyclic) bond motifs is 1. The third kappa shape index (κ3) is 2.61. The molecule has 1 atom stereocenters. The Morgan fingerprint density at radius 2 is 2.11 bits per heavy atom. The van der Waals surface area contributed by atoms with Gasteiger partial charge in [-0.2, -0.15) is 0 Å². The molecule has 19 heavy (non-hydrogen) atoms. The van der Waals surface area contributed by atoms with Gasteiger partial charge in [0.15, 0.2) is 0 Å². The molecular weight excluding hydrogens is 242 g/mol. The molecule has 0 bridgehead atoms. The Kier molecular flexibility index (Phi) is 3.48. The fraction of sp³-hybridized carbons (Fsp3) is 0.600. The third-order valence-electron chi connectivity index (χ3n) is 4.35. The van der Waals surface area contributed by atoms with Gasteiger partial charge in [0.1, 0.15) is 5.75 Å². The summed E-state index contributed by atoms with van der Waals surface area (Å²) in [6.45, 7) is 1.87. The van der Waals surface area contributed by atoms with Crippen LogP contribution in [0.25, 0.3) is 0 Å². The first-order valence-electron chi connectivity index (χ1n) is 7.02. The van der Waals surface area contributed by atoms with Crippen LogP contribution in [0.3, 0.4) is 0 Å². The fourth-order valence-electron chi connectivity index (χ4n) is 3.09. The van der Waals surface area contributed by atoms with Gasteiger partial charge in [0.25, 0.3) is 0 Å². The van der Waals surface area contributed by atoms with Gasteiger partial charge in [-0.25, -0.2) is 0 Å². The minimum absolute atomic E-state index is 0.244. The molecule has 4 heteroatoms. The average molecular weight is 263 g/mol. The van der Waals surface area contributed by atoms with Crippen molar-refractivity contribution < 1.29 is 14.9 Å². The van der Waals surface area contributed by atoms with E-state index in [0.717, 1.165) is 18.4 Å². The maximum Gasteiger partial charge on any atom is 0.119 e. The summed E-state index contributed by atoms with van der Waals surface area (Å²) < 4.78 is 5.29. The van der Waals surface area contributed by atoms with E-state index in [1.165, 1.54) is 5.56 Å². The maximum atomic E-state index is 10.4. The second-order valence-electron chi connectivity index (χ2n) is 5.65. The SMILES string of the molecule is Oc1cccc2c1CCC2NCC1(O)CCOCC1. The van der Waals surface area contributed by atoms with Crippen molar-refractivity contribution in [2.45, 2.75) is 37.3 Å². The largest absolute Gasteiger partial charge is 0.508 e. The number of rotatable bonds is 3. The van der Waals surface area contributed by atoms with Gasteiger partial charge < -0.3 is 20.3 Å². The molecule has 3 rings (SSSR count). The second kappa shape index (κ2) is 5.12. The molecule has 0 radical (unpaired) electrons. The first-order valence-corrected chi connectivity index (χ1v) is 7.02. The Labute approximate surface area is 113 Å². The fourth-order valence-corrected chi connectivity index (χ4v) is 3.09. The van der Waals surface area contributed by atoms with Gasteiger partial charge in [0.05, 0.1) is 5.60 Å². The molecule has 1 aromatic rings. The van der Waals surface area contributed by atoms with Crippen molar-refractivity contribution in [1.29, 1.82) is 0 Å². The minimum Gasteiger partial charge on any atom is -0.508 e. The van der Waals surface area contributed by atoms with Crippen LogP contribution in [0.1, 0.15) is 36.4 Å². The Morgan fingerprint density at radius 1 is 1.32 bits per heavy atom. The number of nitrogens with one attached hydrogen (secondary N) is 1. The van der Waals surface area contributed by atoms with Crippen LogP contribution in [0.15, 0.2) is 18.2 Å². The maximum absolute atomic E-state index is 10.4. The number of aliphatic hydroxyl groups is 1. The Bertz CT molecular complexity index is 455. The summed E-state index contributed by atoms with van der Waals surface area (Å²) >= 11 is 0. The van der Waals surface area contributed by atoms with Crippen molar-refractivity contribution in [2.75, 3.05) is 19.8 Å². The summed E-state index contributed by atoms with van der Waals surface area (Å²) in [6.07, 6.45) is 3.28. The van der Waals surface area contributed by atoms with Crippen molar-refractivity contribution in [3.8, 4) is 5.75 Å². The quantitative estimate of drug-likeness (QED) is 0.773. The van der Waals surface area contributed by atoms with Crippen LogP contribution in [0, 0.1) is 0 Å². The highest BCUT2D eigenvalue weighted by atomic mass is 16.5. The molecule has 1 saturated heterocycles. The Morgan fingerprint density at radius 3 is 2.89 bits per heavy atom. The van der Waals surface area contributed by atoms with E-state index in [4.69, 9.17) is 4.74 Å². The molecule has 0 saturated carbocycles. The van der Waals surface area contributed by atoms with Crippen LogP contribution < -0.4 is 5.32 Å². The molecule has 1 aliphatic carbocycles. The predicted octanol–water partition coefficient (Wildman–Crippen LogP) is 1.51. The lowest BCUT2D eigenvalue weighted by Gasteiger charge is -2.33. The van der Waals surface area contributed by atoms with Crippen molar-refractivity contribution in [1.82, 2.24) is 5.32 Å². The number of hydrogen-bond donors (Lipinski definition) is 3. The van der Waals surface area contributed by atoms with E-state index in [-0.39, 0.29) is 6.04 Å². The lowest BCUT2D eigenvalue weighted by Crippen LogP contribution is -2.45. The van der Waals surface area contributed by atoms with E-state index in [9.17, 15) is 10.2 Å². The van der Waals surface area contributed by atoms with Crippen molar-refractivity contribution in [3.63, 3.8) is 0 Å². The van der Waals surface area contributed by atoms with E-state index in [2.05, 4.69) is 11.4 Å². The molecule has 4 nitrogen and oxygen atoms in total. The van der Waals surface area contributed by atoms with Crippen LogP contribution in [-0.4, -0.2) is 35.6 Å². The van der Waals surface area contributed by atoms with Crippen LogP contribution >= 0.6 is 0 Å². The molecule has 0 amide bonds. The summed E-state index contributed by atoms with van der Waals surface area (Å²) in [7, 11) is 0. The monoisotopic (exact) mass is 263 g/mol. The Hall–Kier alpha value is -1.10. The van der Waals surface area contributed by atoms with Gasteiger partial charge in [0, 0.05) is 38.6 Å². The van der Waals surface area contributed by atoms with Crippen molar-refractivity contribution in [3.05, 3.63) is 29.3 Å². The van der Waals surface area contributed by atoms with Crippen LogP contribution in [0.5, 0.6) is 5.75 Å². The van der Waals surface area contributed by atoms with Gasteiger partial charge in [-0.05, 0) is 30.0 Å². The van der Waals surface area contributed by atoms with Gasteiger partial charge in [-0.15, -0.1) is 0 Å². The molecule has 2 aliphatic rings. The molecule has 1 fully saturated rings. The standard InChI is InChI=1S/C15H21NO3/c17-14-3-1-2-11-12(14)4-5-13(11)16-10-15(18)6-8-19-9-7-15/h1-3,13,16-18H,4-10H2. The number of aromatic hydroxyl groups is 1. The Balaban J connectivity index is 1.65. The van der Waals surface area contributed by atoms with Crippen molar-refractivity contribution >= 4 is 0 Å². The molecule has 1 aliphatic heterocycles. The highest BCUT2D eigenvalue weighted by Crippen LogP contribution is 2.36. The van der Waals surface area contributed by atoms with E-state index in [1.54, 1.807) is 6.07 Å². The van der Waals surface area contributed by atoms with Gasteiger partial charge in [0.2, 0.25) is 0 Å². The average Bonchev–Trinajstić information content (AvgIpc) is 2.82. The number of benzene rings is 1. The molecule has 104 valence electrons. The summed E-state index contributed by atoms with van der Waals surface area (Å²) in [5.74, 6) is 0.395. The second-order valence-corrected chi connectivity index (χ2v) is 5.65. The third-order valence-corrected chi connectivity index (χ3v) is 4.35. The van der Waals surface area contributed by atoms with E-state index >= 15 is 0 Å². The van der Waals surface area contributed by atoms with Gasteiger partial charge in [-0.3, -0.25) is 0 Å². The highest BCUT2D eigenvalue weighted by molar-refractivity contribution is 5.44. The molecule has 3 N–H and O–H groups in total. The summed E-state index contributed by atoms with van der Waals surface area (Å²) in [4.78, 5) is 0. The number of hydrogen-bond acceptors (Lipinski definition) is 4. The van der Waals surface area contributed by atoms with Crippen LogP contribution in [0.4, 0.5) is 0 Å². The molecule has 0 aromatic heterocycles. The lowest BCUT2D eigenvalue weighted by molar-refractivity contribution is -0.0628. The van der Waals surface area contributed by atoms with E-state index < -0.39 is 5.60 Å². The lowest BCUT2D eigenvalue weighted by atomic mass is 9.94. The summed E-state index contributed by atoms with van der Waals surface area (Å²) in [5.41, 5.74) is 1.59. The van der Waals surface area contributed by atoms with Crippen LogP contribution in [0.2, 0.25) is 0 Å². The first kappa shape index (κ1) is 12.9. The smallest absolute Gasteiger partial charge is 0.119 e. The zero-order valence-corrected chi connectivity index (χ0v) is 11.1. The normalized spacial score (nSPS) is 25.2. The molecular formula is C15H21NO3. The van der Waals surface area contributed by atoms with E-state index in [0.29, 0.717) is 38.3 Å².